The lowest BCUT2D eigenvalue weighted by Crippen LogP contribution is -1.92. The summed E-state index contributed by atoms with van der Waals surface area (Å²) in [6.45, 7) is 0. The van der Waals surface area contributed by atoms with Crippen molar-refractivity contribution in [1.82, 2.24) is 4.98 Å². The minimum absolute atomic E-state index is 0.555. The van der Waals surface area contributed by atoms with Crippen LogP contribution in [0, 0.1) is 22.7 Å². The number of rotatable bonds is 16. The van der Waals surface area contributed by atoms with Gasteiger partial charge in [-0.25, -0.2) is 0 Å². The molecule has 0 aliphatic carbocycles. The Morgan fingerprint density at radius 2 is 0.812 bits per heavy atom. The van der Waals surface area contributed by atoms with Crippen LogP contribution in [-0.4, -0.2) is 41.5 Å². The van der Waals surface area contributed by atoms with Crippen LogP contribution in [0.25, 0.3) is 0 Å². The van der Waals surface area contributed by atoms with Gasteiger partial charge in [-0.05, 0) is 37.2 Å². The molecule has 48 heavy (non-hydrogen) atoms. The monoisotopic (exact) mass is 929 g/mol. The highest BCUT2D eigenvalue weighted by Gasteiger charge is 2.32. The standard InChI is InChI=1S/C29H27N3S16/c1-33-18-19(34-2)42-26(41-18)28-45-22(37-12-6-10-30)24(47-28)39-14-16-8-5-9-17(32-16)15-40-25-23(38-13-7-11-31)46-29(48-25)27-43-20(35-3)21(36-4)44-27/h5,8-9H,6-7,12-15H2,1-4H3. The number of nitrogens with zero attached hydrogens (tertiary/aromatic N) is 3. The van der Waals surface area contributed by atoms with Crippen LogP contribution in [0.4, 0.5) is 0 Å². The van der Waals surface area contributed by atoms with E-state index >= 15 is 0 Å². The maximum Gasteiger partial charge on any atom is 0.0717 e. The van der Waals surface area contributed by atoms with Gasteiger partial charge in [-0.1, -0.05) is 100 Å². The van der Waals surface area contributed by atoms with Crippen LogP contribution >= 0.6 is 188 Å². The van der Waals surface area contributed by atoms with Gasteiger partial charge in [-0.3, -0.25) is 4.98 Å². The molecule has 0 radical (unpaired) electrons. The fourth-order valence-electron chi connectivity index (χ4n) is 3.62. The Kier molecular flexibility index (Phi) is 18.9. The van der Waals surface area contributed by atoms with Crippen molar-refractivity contribution in [2.45, 2.75) is 24.3 Å². The quantitative estimate of drug-likeness (QED) is 0.148. The number of aromatic nitrogens is 1. The smallest absolute Gasteiger partial charge is 0.0717 e. The van der Waals surface area contributed by atoms with Crippen LogP contribution in [0.2, 0.25) is 0 Å². The van der Waals surface area contributed by atoms with Crippen molar-refractivity contribution in [3.8, 4) is 12.1 Å². The summed E-state index contributed by atoms with van der Waals surface area (Å²) < 4.78 is 16.3. The Morgan fingerprint density at radius 3 is 1.12 bits per heavy atom. The van der Waals surface area contributed by atoms with E-state index in [-0.39, 0.29) is 0 Å². The highest BCUT2D eigenvalue weighted by Crippen LogP contribution is 2.67. The normalized spacial score (nSPS) is 18.4. The van der Waals surface area contributed by atoms with Crippen molar-refractivity contribution < 1.29 is 0 Å². The summed E-state index contributed by atoms with van der Waals surface area (Å²) in [5.41, 5.74) is 2.18. The van der Waals surface area contributed by atoms with E-state index in [1.165, 1.54) is 50.8 Å². The van der Waals surface area contributed by atoms with Crippen molar-refractivity contribution in [1.29, 1.82) is 10.5 Å². The predicted molar refractivity (Wildman–Crippen MR) is 249 cm³/mol. The molecule has 1 aromatic heterocycles. The van der Waals surface area contributed by atoms with Gasteiger partial charge in [0.1, 0.15) is 0 Å². The molecule has 254 valence electrons. The Labute approximate surface area is 352 Å². The first kappa shape index (κ1) is 41.3. The van der Waals surface area contributed by atoms with Crippen LogP contribution in [0.5, 0.6) is 0 Å². The Morgan fingerprint density at radius 1 is 0.500 bits per heavy atom. The zero-order valence-electron chi connectivity index (χ0n) is 25.8. The van der Waals surface area contributed by atoms with E-state index in [1.807, 2.05) is 188 Å². The van der Waals surface area contributed by atoms with Gasteiger partial charge >= 0.3 is 0 Å². The van der Waals surface area contributed by atoms with E-state index in [0.29, 0.717) is 12.8 Å². The molecule has 0 saturated carbocycles. The van der Waals surface area contributed by atoms with Gasteiger partial charge in [0.15, 0.2) is 0 Å². The molecule has 0 aromatic carbocycles. The van der Waals surface area contributed by atoms with E-state index in [2.05, 4.69) is 55.4 Å². The minimum atomic E-state index is 0.555. The lowest BCUT2D eigenvalue weighted by Gasteiger charge is -2.07. The zero-order chi connectivity index (χ0) is 33.9. The predicted octanol–water partition coefficient (Wildman–Crippen LogP) is 15.0. The Balaban J connectivity index is 1.23. The van der Waals surface area contributed by atoms with Crippen LogP contribution < -0.4 is 0 Å². The van der Waals surface area contributed by atoms with Gasteiger partial charge in [-0.15, -0.1) is 94.1 Å². The van der Waals surface area contributed by atoms with Crippen molar-refractivity contribution >= 4 is 188 Å². The van der Waals surface area contributed by atoms with Gasteiger partial charge in [0.25, 0.3) is 0 Å². The molecule has 0 N–H and O–H groups in total. The molecule has 0 atom stereocenters. The minimum Gasteiger partial charge on any atom is -0.256 e. The second-order valence-electron chi connectivity index (χ2n) is 8.79. The molecule has 4 aliphatic heterocycles. The molecule has 1 aromatic rings. The number of pyridine rings is 1. The van der Waals surface area contributed by atoms with Crippen molar-refractivity contribution in [2.75, 3.05) is 36.5 Å². The molecule has 5 heterocycles. The third kappa shape index (κ3) is 11.6. The SMILES string of the molecule is CSC1=C(SC)SC(=C2SC(SCCC#N)=C(SCc3cccc(CSC4=C(SCCC#N)SC(=C5SC(SC)=C(SC)S5)S4)n3)S2)S1. The van der Waals surface area contributed by atoms with E-state index < -0.39 is 0 Å². The van der Waals surface area contributed by atoms with Crippen LogP contribution in [-0.2, 0) is 11.5 Å². The summed E-state index contributed by atoms with van der Waals surface area (Å²) in [6.07, 6.45) is 9.74. The molecule has 3 nitrogen and oxygen atoms in total. The average molecular weight is 931 g/mol. The van der Waals surface area contributed by atoms with Crippen LogP contribution in [0.15, 0.2) is 69.0 Å². The molecule has 0 fully saturated rings. The number of hydrogen-bond acceptors (Lipinski definition) is 19. The van der Waals surface area contributed by atoms with Crippen molar-refractivity contribution in [2.24, 2.45) is 0 Å². The first-order valence-corrected chi connectivity index (χ1v) is 29.1. The molecule has 5 rings (SSSR count). The third-order valence-corrected chi connectivity index (χ3v) is 28.3. The summed E-state index contributed by atoms with van der Waals surface area (Å²) in [4.78, 5) is 5.09. The topological polar surface area (TPSA) is 60.5 Å². The van der Waals surface area contributed by atoms with Gasteiger partial charge in [-0.2, -0.15) is 10.5 Å². The van der Waals surface area contributed by atoms with Crippen molar-refractivity contribution in [3.63, 3.8) is 0 Å². The number of hydrogen-bond donors (Lipinski definition) is 0. The van der Waals surface area contributed by atoms with Gasteiger partial charge in [0.2, 0.25) is 0 Å². The van der Waals surface area contributed by atoms with Crippen LogP contribution in [0.3, 0.4) is 0 Å². The van der Waals surface area contributed by atoms with Gasteiger partial charge in [0, 0.05) is 35.9 Å². The first-order valence-electron chi connectivity index (χ1n) is 13.7. The molecule has 19 heteroatoms. The summed E-state index contributed by atoms with van der Waals surface area (Å²) in [5, 5.41) is 18.3. The largest absolute Gasteiger partial charge is 0.256 e. The van der Waals surface area contributed by atoms with E-state index in [4.69, 9.17) is 15.5 Å². The lowest BCUT2D eigenvalue weighted by atomic mass is 10.3. The summed E-state index contributed by atoms with van der Waals surface area (Å²) >= 11 is 29.8. The first-order chi connectivity index (χ1) is 23.5. The van der Waals surface area contributed by atoms with Gasteiger partial charge < -0.3 is 0 Å². The lowest BCUT2D eigenvalue weighted by molar-refractivity contribution is 1.09. The average Bonchev–Trinajstić information content (AvgIpc) is 3.91. The molecule has 0 saturated heterocycles. The molecule has 0 amide bonds. The van der Waals surface area contributed by atoms with Crippen molar-refractivity contribution in [3.05, 3.63) is 80.4 Å². The molecular weight excluding hydrogens is 903 g/mol. The second-order valence-corrected chi connectivity index (χ2v) is 27.5. The van der Waals surface area contributed by atoms with Crippen LogP contribution in [0.1, 0.15) is 24.2 Å². The fourth-order valence-corrected chi connectivity index (χ4v) is 25.6. The second kappa shape index (κ2) is 21.9. The number of thioether (sulfide) groups is 16. The van der Waals surface area contributed by atoms with E-state index in [0.717, 1.165) is 34.4 Å². The summed E-state index contributed by atoms with van der Waals surface area (Å²) in [5.74, 6) is 3.25. The fraction of sp³-hybridized carbons (Fsp3) is 0.345. The highest BCUT2D eigenvalue weighted by atomic mass is 32.3. The molecule has 0 bridgehead atoms. The number of nitriles is 2. The zero-order valence-corrected chi connectivity index (χ0v) is 38.9. The Bertz CT molecular complexity index is 1510. The molecule has 0 unspecified atom stereocenters. The maximum atomic E-state index is 9.14. The molecule has 0 spiro atoms. The van der Waals surface area contributed by atoms with Gasteiger partial charge in [0.05, 0.1) is 74.4 Å². The summed E-state index contributed by atoms with van der Waals surface area (Å²) in [7, 11) is 0. The third-order valence-electron chi connectivity index (χ3n) is 5.69. The maximum absolute atomic E-state index is 9.14. The molecular formula is C29H27N3S16. The molecule has 4 aliphatic rings. The highest BCUT2D eigenvalue weighted by molar-refractivity contribution is 8.46. The van der Waals surface area contributed by atoms with E-state index in [1.54, 1.807) is 0 Å². The van der Waals surface area contributed by atoms with E-state index in [9.17, 15) is 0 Å². The Hall–Kier alpha value is 2.17. The summed E-state index contributed by atoms with van der Waals surface area (Å²) in [6, 6.07) is 11.0.